The van der Waals surface area contributed by atoms with Crippen LogP contribution in [0.4, 0.5) is 0 Å². The third kappa shape index (κ3) is 7.24. The minimum absolute atomic E-state index is 0.0606. The van der Waals surface area contributed by atoms with Crippen LogP contribution in [0, 0.1) is 0 Å². The Labute approximate surface area is 233 Å². The first-order chi connectivity index (χ1) is 18.1. The van der Waals surface area contributed by atoms with Gasteiger partial charge in [0.15, 0.2) is 0 Å². The maximum atomic E-state index is 13.7. The predicted octanol–water partition coefficient (Wildman–Crippen LogP) is 5.86. The summed E-state index contributed by atoms with van der Waals surface area (Å²) in [5.41, 5.74) is 1.17. The molecule has 2 nitrogen and oxygen atoms in total. The van der Waals surface area contributed by atoms with Crippen LogP contribution in [-0.2, 0) is 9.22 Å². The molecule has 37 heavy (non-hydrogen) atoms. The Morgan fingerprint density at radius 2 is 1.27 bits per heavy atom. The first-order valence-corrected chi connectivity index (χ1v) is 17.3. The third-order valence-electron chi connectivity index (χ3n) is 6.48. The van der Waals surface area contributed by atoms with Crippen LogP contribution in [0.3, 0.4) is 0 Å². The van der Waals surface area contributed by atoms with Gasteiger partial charge in [0.05, 0.1) is 0 Å². The number of carbonyl (C=O) groups is 1. The zero-order chi connectivity index (χ0) is 25.9. The van der Waals surface area contributed by atoms with Crippen LogP contribution in [0.2, 0.25) is 6.04 Å². The SMILES string of the molecule is CCCC[Si](OC(=O)C[C@@H](Cl)[C@@H]([Se]c1ccccc1)c1ccccc1)(c1ccccc1)c1ccccc1. The standard InChI is InChI=1S/C32H33ClO2SeSi/c1-2-3-24-37(28-20-12-6-13-21-28,29-22-14-7-15-23-29)35-31(34)25-30(33)32(26-16-8-4-9-17-26)36-27-18-10-5-11-19-27/h4-23,30,32H,2-3,24-25H2,1H3/t30-,32+/m1/s1. The van der Waals surface area contributed by atoms with Gasteiger partial charge in [-0.15, -0.1) is 0 Å². The average Bonchev–Trinajstić information content (AvgIpc) is 2.96. The molecule has 4 rings (SSSR count). The van der Waals surface area contributed by atoms with Gasteiger partial charge in [-0.05, 0) is 0 Å². The van der Waals surface area contributed by atoms with Gasteiger partial charge in [0.2, 0.25) is 0 Å². The van der Waals surface area contributed by atoms with Crippen LogP contribution in [-0.4, -0.2) is 34.6 Å². The zero-order valence-corrected chi connectivity index (χ0v) is 24.6. The molecule has 0 aliphatic rings. The van der Waals surface area contributed by atoms with Gasteiger partial charge in [0.25, 0.3) is 0 Å². The van der Waals surface area contributed by atoms with E-state index in [-0.39, 0.29) is 37.5 Å². The number of rotatable bonds is 12. The first-order valence-electron chi connectivity index (χ1n) is 12.9. The zero-order valence-electron chi connectivity index (χ0n) is 21.1. The molecule has 0 radical (unpaired) electrons. The Morgan fingerprint density at radius 1 is 0.784 bits per heavy atom. The van der Waals surface area contributed by atoms with E-state index in [4.69, 9.17) is 16.0 Å². The van der Waals surface area contributed by atoms with Gasteiger partial charge >= 0.3 is 234 Å². The summed E-state index contributed by atoms with van der Waals surface area (Å²) in [7, 11) is -2.79. The molecule has 190 valence electrons. The van der Waals surface area contributed by atoms with Crippen LogP contribution in [0.25, 0.3) is 0 Å². The molecular formula is C32H33ClO2SeSi. The normalized spacial score (nSPS) is 13.0. The van der Waals surface area contributed by atoms with Crippen LogP contribution < -0.4 is 14.8 Å². The molecule has 4 aromatic carbocycles. The van der Waals surface area contributed by atoms with Gasteiger partial charge in [-0.25, -0.2) is 0 Å². The molecule has 0 saturated heterocycles. The number of benzene rings is 4. The summed E-state index contributed by atoms with van der Waals surface area (Å²) in [4.78, 5) is 13.8. The second kappa shape index (κ2) is 13.8. The summed E-state index contributed by atoms with van der Waals surface area (Å²) >= 11 is 7.16. The Morgan fingerprint density at radius 3 is 1.78 bits per heavy atom. The van der Waals surface area contributed by atoms with E-state index >= 15 is 0 Å². The molecule has 4 aromatic rings. The Hall–Kier alpha value is -2.62. The predicted molar refractivity (Wildman–Crippen MR) is 159 cm³/mol. The molecule has 0 fully saturated rings. The molecule has 0 amide bonds. The van der Waals surface area contributed by atoms with Crippen molar-refractivity contribution in [2.75, 3.05) is 0 Å². The number of hydrogen-bond acceptors (Lipinski definition) is 2. The molecule has 2 atom stereocenters. The Bertz CT molecular complexity index is 1180. The third-order valence-corrected chi connectivity index (χ3v) is 14.3. The molecule has 0 bridgehead atoms. The van der Waals surface area contributed by atoms with Crippen molar-refractivity contribution < 1.29 is 9.22 Å². The van der Waals surface area contributed by atoms with Crippen LogP contribution in [0.5, 0.6) is 0 Å². The molecule has 0 aromatic heterocycles. The summed E-state index contributed by atoms with van der Waals surface area (Å²) in [5, 5.41) is 1.89. The second-order valence-corrected chi connectivity index (χ2v) is 15.7. The summed E-state index contributed by atoms with van der Waals surface area (Å²) in [6.07, 6.45) is 2.22. The van der Waals surface area contributed by atoms with Crippen molar-refractivity contribution in [2.45, 2.75) is 42.4 Å². The molecule has 0 unspecified atom stereocenters. The van der Waals surface area contributed by atoms with Crippen molar-refractivity contribution in [1.29, 1.82) is 0 Å². The van der Waals surface area contributed by atoms with Crippen LogP contribution >= 0.6 is 11.6 Å². The topological polar surface area (TPSA) is 26.3 Å². The molecule has 5 heteroatoms. The van der Waals surface area contributed by atoms with Gasteiger partial charge < -0.3 is 0 Å². The van der Waals surface area contributed by atoms with E-state index in [1.807, 2.05) is 60.7 Å². The van der Waals surface area contributed by atoms with Gasteiger partial charge in [-0.2, -0.15) is 0 Å². The van der Waals surface area contributed by atoms with E-state index in [2.05, 4.69) is 67.6 Å². The van der Waals surface area contributed by atoms with Crippen molar-refractivity contribution in [1.82, 2.24) is 0 Å². The average molecular weight is 592 g/mol. The molecule has 0 heterocycles. The number of halogens is 1. The number of alkyl halides is 1. The van der Waals surface area contributed by atoms with Crippen molar-refractivity contribution >= 4 is 55.7 Å². The molecule has 0 N–H and O–H groups in total. The van der Waals surface area contributed by atoms with Gasteiger partial charge in [-0.1, -0.05) is 0 Å². The van der Waals surface area contributed by atoms with Crippen molar-refractivity contribution in [3.8, 4) is 0 Å². The fourth-order valence-corrected chi connectivity index (χ4v) is 11.6. The van der Waals surface area contributed by atoms with Gasteiger partial charge in [0.1, 0.15) is 0 Å². The molecule has 0 aliphatic heterocycles. The molecule has 0 spiro atoms. The maximum absolute atomic E-state index is 13.7. The second-order valence-electron chi connectivity index (χ2n) is 9.12. The molecule has 0 saturated carbocycles. The fourth-order valence-electron chi connectivity index (χ4n) is 4.61. The Balaban J connectivity index is 1.62. The summed E-state index contributed by atoms with van der Waals surface area (Å²) in [6.45, 7) is 2.18. The Kier molecular flexibility index (Phi) is 10.2. The van der Waals surface area contributed by atoms with Crippen LogP contribution in [0.1, 0.15) is 36.6 Å². The van der Waals surface area contributed by atoms with E-state index in [0.717, 1.165) is 29.3 Å². The summed E-state index contributed by atoms with van der Waals surface area (Å²) in [6, 6.07) is 42.3. The van der Waals surface area contributed by atoms with E-state index < -0.39 is 8.32 Å². The number of carbonyl (C=O) groups excluding carboxylic acids is 1. The van der Waals surface area contributed by atoms with Crippen molar-refractivity contribution in [2.24, 2.45) is 0 Å². The molecule has 0 aliphatic carbocycles. The van der Waals surface area contributed by atoms with E-state index in [1.54, 1.807) is 0 Å². The van der Waals surface area contributed by atoms with E-state index in [0.29, 0.717) is 0 Å². The van der Waals surface area contributed by atoms with Crippen LogP contribution in [0.15, 0.2) is 121 Å². The van der Waals surface area contributed by atoms with Crippen molar-refractivity contribution in [3.05, 3.63) is 127 Å². The van der Waals surface area contributed by atoms with E-state index in [1.165, 1.54) is 10.0 Å². The summed E-state index contributed by atoms with van der Waals surface area (Å²) < 4.78 is 7.91. The summed E-state index contributed by atoms with van der Waals surface area (Å²) in [5.74, 6) is -0.208. The first kappa shape index (κ1) is 27.4. The van der Waals surface area contributed by atoms with Gasteiger partial charge in [0, 0.05) is 0 Å². The van der Waals surface area contributed by atoms with Crippen molar-refractivity contribution in [3.63, 3.8) is 0 Å². The fraction of sp³-hybridized carbons (Fsp3) is 0.219. The monoisotopic (exact) mass is 592 g/mol. The quantitative estimate of drug-likeness (QED) is 0.152. The minimum atomic E-state index is -2.79. The molecular weight excluding hydrogens is 559 g/mol. The van der Waals surface area contributed by atoms with E-state index in [9.17, 15) is 4.79 Å². The van der Waals surface area contributed by atoms with Gasteiger partial charge in [-0.3, -0.25) is 0 Å². The number of hydrogen-bond donors (Lipinski definition) is 0. The number of unbranched alkanes of at least 4 members (excludes halogenated alkanes) is 1.